The molecule has 1 aromatic rings. The predicted molar refractivity (Wildman–Crippen MR) is 45.5 cm³/mol. The van der Waals surface area contributed by atoms with Crippen LogP contribution in [0, 0.1) is 11.3 Å². The largest absolute Gasteiger partial charge is 0.192 e. The van der Waals surface area contributed by atoms with Crippen LogP contribution in [0.25, 0.3) is 0 Å². The average Bonchev–Trinajstić information content (AvgIpc) is 2.04. The van der Waals surface area contributed by atoms with Gasteiger partial charge in [-0.05, 0) is 24.1 Å². The number of halogens is 1. The molecule has 0 aliphatic carbocycles. The van der Waals surface area contributed by atoms with E-state index in [9.17, 15) is 0 Å². The fraction of sp³-hybridized carbons (Fsp3) is 0.222. The molecule has 0 aromatic heterocycles. The van der Waals surface area contributed by atoms with Crippen molar-refractivity contribution in [3.05, 3.63) is 34.3 Å². The van der Waals surface area contributed by atoms with E-state index in [1.165, 1.54) is 0 Å². The van der Waals surface area contributed by atoms with E-state index >= 15 is 0 Å². The lowest BCUT2D eigenvalue weighted by Crippen LogP contribution is -1.87. The zero-order valence-electron chi connectivity index (χ0n) is 6.26. The molecule has 56 valence electrons. The van der Waals surface area contributed by atoms with Crippen LogP contribution in [-0.2, 0) is 6.42 Å². The first-order valence-electron chi connectivity index (χ1n) is 3.47. The third-order valence-corrected chi connectivity index (χ3v) is 1.95. The van der Waals surface area contributed by atoms with Crippen LogP contribution >= 0.6 is 11.6 Å². The Labute approximate surface area is 71.2 Å². The molecular formula is C9H8ClN. The summed E-state index contributed by atoms with van der Waals surface area (Å²) in [5, 5.41) is 9.35. The molecule has 1 aromatic carbocycles. The Hall–Kier alpha value is -1.00. The first-order chi connectivity index (χ1) is 5.29. The van der Waals surface area contributed by atoms with E-state index in [1.54, 1.807) is 18.2 Å². The number of nitriles is 1. The Morgan fingerprint density at radius 1 is 1.55 bits per heavy atom. The fourth-order valence-electron chi connectivity index (χ4n) is 1.02. The van der Waals surface area contributed by atoms with Crippen LogP contribution in [0.3, 0.4) is 0 Å². The van der Waals surface area contributed by atoms with Crippen molar-refractivity contribution < 1.29 is 0 Å². The molecule has 0 aliphatic rings. The summed E-state index contributed by atoms with van der Waals surface area (Å²) >= 11 is 5.86. The number of nitrogens with zero attached hydrogens (tertiary/aromatic N) is 1. The van der Waals surface area contributed by atoms with Gasteiger partial charge in [0.2, 0.25) is 0 Å². The molecular weight excluding hydrogens is 158 g/mol. The Balaban J connectivity index is 3.27. The van der Waals surface area contributed by atoms with Gasteiger partial charge in [-0.25, -0.2) is 0 Å². The van der Waals surface area contributed by atoms with Gasteiger partial charge < -0.3 is 0 Å². The normalized spacial score (nSPS) is 9.18. The smallest absolute Gasteiger partial charge is 0.0995 e. The summed E-state index contributed by atoms with van der Waals surface area (Å²) < 4.78 is 0. The molecule has 1 rings (SSSR count). The average molecular weight is 166 g/mol. The first kappa shape index (κ1) is 8.10. The van der Waals surface area contributed by atoms with Gasteiger partial charge in [0, 0.05) is 5.02 Å². The topological polar surface area (TPSA) is 23.8 Å². The van der Waals surface area contributed by atoms with Crippen molar-refractivity contribution in [2.45, 2.75) is 13.3 Å². The highest BCUT2D eigenvalue weighted by atomic mass is 35.5. The van der Waals surface area contributed by atoms with E-state index in [0.29, 0.717) is 10.6 Å². The number of benzene rings is 1. The quantitative estimate of drug-likeness (QED) is 0.628. The molecule has 0 amide bonds. The molecule has 0 radical (unpaired) electrons. The highest BCUT2D eigenvalue weighted by Crippen LogP contribution is 2.19. The van der Waals surface area contributed by atoms with Gasteiger partial charge in [-0.2, -0.15) is 5.26 Å². The van der Waals surface area contributed by atoms with E-state index < -0.39 is 0 Å². The summed E-state index contributed by atoms with van der Waals surface area (Å²) in [6, 6.07) is 7.48. The van der Waals surface area contributed by atoms with E-state index in [-0.39, 0.29) is 0 Å². The van der Waals surface area contributed by atoms with Gasteiger partial charge in [-0.1, -0.05) is 24.6 Å². The molecule has 0 N–H and O–H groups in total. The molecule has 0 atom stereocenters. The Morgan fingerprint density at radius 2 is 2.27 bits per heavy atom. The van der Waals surface area contributed by atoms with Crippen molar-refractivity contribution in [1.29, 1.82) is 5.26 Å². The van der Waals surface area contributed by atoms with Gasteiger partial charge in [0.15, 0.2) is 0 Å². The van der Waals surface area contributed by atoms with E-state index in [2.05, 4.69) is 6.07 Å². The van der Waals surface area contributed by atoms with Crippen LogP contribution in [0.2, 0.25) is 5.02 Å². The summed E-state index contributed by atoms with van der Waals surface area (Å²) in [7, 11) is 0. The summed E-state index contributed by atoms with van der Waals surface area (Å²) in [4.78, 5) is 0. The number of hydrogen-bond acceptors (Lipinski definition) is 1. The molecule has 0 heterocycles. The monoisotopic (exact) mass is 165 g/mol. The fourth-order valence-corrected chi connectivity index (χ4v) is 1.33. The minimum Gasteiger partial charge on any atom is -0.192 e. The first-order valence-corrected chi connectivity index (χ1v) is 3.85. The molecule has 11 heavy (non-hydrogen) atoms. The van der Waals surface area contributed by atoms with Gasteiger partial charge in [-0.15, -0.1) is 0 Å². The Morgan fingerprint density at radius 3 is 2.73 bits per heavy atom. The second kappa shape index (κ2) is 3.41. The van der Waals surface area contributed by atoms with Crippen LogP contribution < -0.4 is 0 Å². The Kier molecular flexibility index (Phi) is 2.51. The molecule has 0 bridgehead atoms. The third-order valence-electron chi connectivity index (χ3n) is 1.59. The third kappa shape index (κ3) is 1.53. The summed E-state index contributed by atoms with van der Waals surface area (Å²) in [6.07, 6.45) is 0.808. The zero-order valence-corrected chi connectivity index (χ0v) is 7.02. The summed E-state index contributed by atoms with van der Waals surface area (Å²) in [5.41, 5.74) is 1.62. The van der Waals surface area contributed by atoms with Crippen molar-refractivity contribution >= 4 is 11.6 Å². The van der Waals surface area contributed by atoms with Gasteiger partial charge in [-0.3, -0.25) is 0 Å². The van der Waals surface area contributed by atoms with E-state index in [1.807, 2.05) is 6.92 Å². The highest BCUT2D eigenvalue weighted by molar-refractivity contribution is 6.31. The van der Waals surface area contributed by atoms with Crippen LogP contribution in [0.1, 0.15) is 18.1 Å². The van der Waals surface area contributed by atoms with Crippen LogP contribution in [0.4, 0.5) is 0 Å². The zero-order chi connectivity index (χ0) is 8.27. The number of rotatable bonds is 1. The molecule has 1 nitrogen and oxygen atoms in total. The van der Waals surface area contributed by atoms with Crippen molar-refractivity contribution in [2.24, 2.45) is 0 Å². The van der Waals surface area contributed by atoms with E-state index in [4.69, 9.17) is 16.9 Å². The van der Waals surface area contributed by atoms with Gasteiger partial charge in [0.05, 0.1) is 11.6 Å². The maximum Gasteiger partial charge on any atom is 0.0995 e. The number of hydrogen-bond donors (Lipinski definition) is 0. The molecule has 2 heteroatoms. The standard InChI is InChI=1S/C9H8ClN/c1-2-8-7(6-11)4-3-5-9(8)10/h3-5H,2H2,1H3. The lowest BCUT2D eigenvalue weighted by atomic mass is 10.1. The van der Waals surface area contributed by atoms with Crippen molar-refractivity contribution in [1.82, 2.24) is 0 Å². The summed E-state index contributed by atoms with van der Waals surface area (Å²) in [5.74, 6) is 0. The van der Waals surface area contributed by atoms with Crippen molar-refractivity contribution in [3.63, 3.8) is 0 Å². The van der Waals surface area contributed by atoms with Crippen molar-refractivity contribution in [3.8, 4) is 6.07 Å². The lowest BCUT2D eigenvalue weighted by Gasteiger charge is -2.01. The Bertz CT molecular complexity index is 299. The molecule has 0 fully saturated rings. The van der Waals surface area contributed by atoms with Crippen LogP contribution in [-0.4, -0.2) is 0 Å². The molecule has 0 spiro atoms. The second-order valence-corrected chi connectivity index (χ2v) is 2.64. The van der Waals surface area contributed by atoms with Gasteiger partial charge in [0.25, 0.3) is 0 Å². The molecule has 0 saturated heterocycles. The van der Waals surface area contributed by atoms with Crippen molar-refractivity contribution in [2.75, 3.05) is 0 Å². The highest BCUT2D eigenvalue weighted by Gasteiger charge is 2.02. The van der Waals surface area contributed by atoms with Gasteiger partial charge >= 0.3 is 0 Å². The molecule has 0 aliphatic heterocycles. The molecule has 0 unspecified atom stereocenters. The molecule has 0 saturated carbocycles. The maximum absolute atomic E-state index is 8.67. The predicted octanol–water partition coefficient (Wildman–Crippen LogP) is 2.77. The van der Waals surface area contributed by atoms with Gasteiger partial charge in [0.1, 0.15) is 0 Å². The van der Waals surface area contributed by atoms with Crippen LogP contribution in [0.5, 0.6) is 0 Å². The lowest BCUT2D eigenvalue weighted by molar-refractivity contribution is 1.13. The SMILES string of the molecule is CCc1c(Cl)cccc1C#N. The van der Waals surface area contributed by atoms with E-state index in [0.717, 1.165) is 12.0 Å². The summed E-state index contributed by atoms with van der Waals surface area (Å²) in [6.45, 7) is 1.99. The minimum atomic E-state index is 0.681. The maximum atomic E-state index is 8.67. The van der Waals surface area contributed by atoms with Crippen LogP contribution in [0.15, 0.2) is 18.2 Å². The second-order valence-electron chi connectivity index (χ2n) is 2.23. The minimum absolute atomic E-state index is 0.681.